The van der Waals surface area contributed by atoms with E-state index < -0.39 is 5.91 Å². The summed E-state index contributed by atoms with van der Waals surface area (Å²) in [4.78, 5) is 24.0. The van der Waals surface area contributed by atoms with Crippen LogP contribution in [-0.4, -0.2) is 17.0 Å². The number of amides is 2. The van der Waals surface area contributed by atoms with Crippen molar-refractivity contribution in [3.8, 4) is 0 Å². The molecule has 0 saturated heterocycles. The molecule has 5 nitrogen and oxygen atoms in total. The van der Waals surface area contributed by atoms with E-state index in [4.69, 9.17) is 5.21 Å². The molecule has 0 bridgehead atoms. The van der Waals surface area contributed by atoms with Crippen molar-refractivity contribution in [1.82, 2.24) is 10.8 Å². The van der Waals surface area contributed by atoms with E-state index in [2.05, 4.69) is 11.9 Å². The molecule has 0 unspecified atom stereocenters. The lowest BCUT2D eigenvalue weighted by molar-refractivity contribution is -0.120. The Kier molecular flexibility index (Phi) is 7.32. The van der Waals surface area contributed by atoms with Crippen LogP contribution < -0.4 is 20.5 Å². The minimum absolute atomic E-state index is 0.0240. The van der Waals surface area contributed by atoms with Gasteiger partial charge in [0.05, 0.1) is 4.88 Å². The van der Waals surface area contributed by atoms with Gasteiger partial charge in [0.15, 0.2) is 0 Å². The fraction of sp³-hybridized carbons (Fsp3) is 0.200. The number of nitrogens with one attached hydrogen (secondary N) is 2. The Labute approximate surface area is 156 Å². The Morgan fingerprint density at radius 3 is 2.85 bits per heavy atom. The summed E-state index contributed by atoms with van der Waals surface area (Å²) in [6, 6.07) is 1.73. The molecule has 136 valence electrons. The lowest BCUT2D eigenvalue weighted by Gasteiger charge is -2.07. The highest BCUT2D eigenvalue weighted by Crippen LogP contribution is 2.08. The summed E-state index contributed by atoms with van der Waals surface area (Å²) >= 11 is 1.29. The zero-order chi connectivity index (χ0) is 18.9. The van der Waals surface area contributed by atoms with Crippen molar-refractivity contribution in [2.75, 3.05) is 0 Å². The first kappa shape index (κ1) is 19.6. The molecule has 6 heteroatoms. The molecular formula is C20H22N2O3S. The van der Waals surface area contributed by atoms with Crippen LogP contribution in [0.5, 0.6) is 0 Å². The Hall–Kier alpha value is -2.70. The predicted octanol–water partition coefficient (Wildman–Crippen LogP) is 2.30. The Morgan fingerprint density at radius 1 is 1.31 bits per heavy atom. The van der Waals surface area contributed by atoms with Gasteiger partial charge in [-0.2, -0.15) is 0 Å². The SMILES string of the molecule is C=C/C=C\C=C(/C)CCC(=O)NC1=CC=c2sc(C(=O)NO)cc2=CC1. The lowest BCUT2D eigenvalue weighted by atomic mass is 10.1. The van der Waals surface area contributed by atoms with Crippen LogP contribution in [0.15, 0.2) is 54.3 Å². The molecule has 0 saturated carbocycles. The van der Waals surface area contributed by atoms with E-state index in [0.717, 1.165) is 21.0 Å². The third-order valence-corrected chi connectivity index (χ3v) is 4.88. The maximum atomic E-state index is 12.1. The largest absolute Gasteiger partial charge is 0.329 e. The summed E-state index contributed by atoms with van der Waals surface area (Å²) in [7, 11) is 0. The van der Waals surface area contributed by atoms with Gasteiger partial charge in [0.2, 0.25) is 5.91 Å². The van der Waals surface area contributed by atoms with Crippen molar-refractivity contribution in [3.63, 3.8) is 0 Å². The van der Waals surface area contributed by atoms with Crippen molar-refractivity contribution in [1.29, 1.82) is 0 Å². The van der Waals surface area contributed by atoms with Gasteiger partial charge < -0.3 is 5.32 Å². The van der Waals surface area contributed by atoms with E-state index in [9.17, 15) is 9.59 Å². The highest BCUT2D eigenvalue weighted by Gasteiger charge is 2.09. The van der Waals surface area contributed by atoms with E-state index in [0.29, 0.717) is 24.1 Å². The van der Waals surface area contributed by atoms with Crippen molar-refractivity contribution in [3.05, 3.63) is 68.9 Å². The maximum absolute atomic E-state index is 12.1. The van der Waals surface area contributed by atoms with Crippen LogP contribution in [0.25, 0.3) is 12.2 Å². The second kappa shape index (κ2) is 9.70. The number of fused-ring (bicyclic) bond motifs is 1. The van der Waals surface area contributed by atoms with Gasteiger partial charge in [-0.15, -0.1) is 11.3 Å². The quantitative estimate of drug-likeness (QED) is 0.391. The summed E-state index contributed by atoms with van der Waals surface area (Å²) in [5.74, 6) is -0.544. The number of rotatable bonds is 7. The van der Waals surface area contributed by atoms with Crippen LogP contribution in [0.4, 0.5) is 0 Å². The summed E-state index contributed by atoms with van der Waals surface area (Å²) in [6.45, 7) is 5.60. The summed E-state index contributed by atoms with van der Waals surface area (Å²) in [6.07, 6.45) is 14.8. The molecule has 0 radical (unpaired) electrons. The molecule has 0 fully saturated rings. The first-order valence-electron chi connectivity index (χ1n) is 8.23. The average molecular weight is 370 g/mol. The number of carbonyl (C=O) groups is 2. The van der Waals surface area contributed by atoms with Crippen LogP contribution in [0.3, 0.4) is 0 Å². The van der Waals surface area contributed by atoms with Gasteiger partial charge in [0.25, 0.3) is 5.91 Å². The van der Waals surface area contributed by atoms with Gasteiger partial charge in [-0.05, 0) is 36.8 Å². The zero-order valence-electron chi connectivity index (χ0n) is 14.6. The molecule has 0 aromatic carbocycles. The molecule has 0 spiro atoms. The Morgan fingerprint density at radius 2 is 2.12 bits per heavy atom. The van der Waals surface area contributed by atoms with Gasteiger partial charge in [-0.25, -0.2) is 5.48 Å². The van der Waals surface area contributed by atoms with Gasteiger partial charge >= 0.3 is 0 Å². The molecule has 0 aliphatic heterocycles. The van der Waals surface area contributed by atoms with Crippen LogP contribution in [-0.2, 0) is 4.79 Å². The predicted molar refractivity (Wildman–Crippen MR) is 105 cm³/mol. The highest BCUT2D eigenvalue weighted by molar-refractivity contribution is 7.12. The fourth-order valence-electron chi connectivity index (χ4n) is 2.37. The number of hydroxylamine groups is 1. The lowest BCUT2D eigenvalue weighted by Crippen LogP contribution is -2.22. The molecule has 26 heavy (non-hydrogen) atoms. The minimum Gasteiger partial charge on any atom is -0.329 e. The zero-order valence-corrected chi connectivity index (χ0v) is 15.4. The molecule has 0 atom stereocenters. The van der Waals surface area contributed by atoms with E-state index in [1.807, 2.05) is 43.4 Å². The van der Waals surface area contributed by atoms with Crippen LogP contribution in [0.2, 0.25) is 0 Å². The number of allylic oxidation sites excluding steroid dienone is 7. The molecule has 1 aliphatic carbocycles. The molecule has 1 aromatic rings. The van der Waals surface area contributed by atoms with E-state index in [1.54, 1.807) is 17.6 Å². The molecule has 1 heterocycles. The van der Waals surface area contributed by atoms with E-state index in [-0.39, 0.29) is 5.91 Å². The molecular weight excluding hydrogens is 348 g/mol. The third kappa shape index (κ3) is 5.68. The normalized spacial score (nSPS) is 13.8. The first-order chi connectivity index (χ1) is 12.5. The van der Waals surface area contributed by atoms with Crippen molar-refractivity contribution in [2.24, 2.45) is 0 Å². The highest BCUT2D eigenvalue weighted by atomic mass is 32.1. The fourth-order valence-corrected chi connectivity index (χ4v) is 3.32. The van der Waals surface area contributed by atoms with Gasteiger partial charge in [0, 0.05) is 23.1 Å². The average Bonchev–Trinajstić information content (AvgIpc) is 2.96. The number of carbonyl (C=O) groups excluding carboxylic acids is 2. The maximum Gasteiger partial charge on any atom is 0.284 e. The summed E-state index contributed by atoms with van der Waals surface area (Å²) in [5, 5.41) is 12.6. The van der Waals surface area contributed by atoms with Gasteiger partial charge in [-0.1, -0.05) is 42.5 Å². The van der Waals surface area contributed by atoms with Gasteiger partial charge in [-0.3, -0.25) is 14.8 Å². The number of hydrogen-bond donors (Lipinski definition) is 3. The number of hydrogen-bond acceptors (Lipinski definition) is 4. The monoisotopic (exact) mass is 370 g/mol. The molecule has 1 aromatic heterocycles. The number of thiophene rings is 1. The van der Waals surface area contributed by atoms with E-state index in [1.165, 1.54) is 11.3 Å². The topological polar surface area (TPSA) is 78.4 Å². The minimum atomic E-state index is -0.520. The first-order valence-corrected chi connectivity index (χ1v) is 9.05. The Balaban J connectivity index is 1.97. The Bertz CT molecular complexity index is 904. The summed E-state index contributed by atoms with van der Waals surface area (Å²) in [5.41, 5.74) is 3.58. The van der Waals surface area contributed by atoms with Crippen LogP contribution in [0.1, 0.15) is 35.9 Å². The van der Waals surface area contributed by atoms with Crippen LogP contribution in [0, 0.1) is 0 Å². The smallest absolute Gasteiger partial charge is 0.284 e. The van der Waals surface area contributed by atoms with E-state index >= 15 is 0 Å². The second-order valence-corrected chi connectivity index (χ2v) is 6.90. The van der Waals surface area contributed by atoms with Crippen molar-refractivity contribution in [2.45, 2.75) is 26.2 Å². The summed E-state index contributed by atoms with van der Waals surface area (Å²) < 4.78 is 0.917. The van der Waals surface area contributed by atoms with Crippen molar-refractivity contribution >= 4 is 35.3 Å². The molecule has 3 N–H and O–H groups in total. The van der Waals surface area contributed by atoms with Gasteiger partial charge in [0.1, 0.15) is 0 Å². The third-order valence-electron chi connectivity index (χ3n) is 3.77. The molecule has 1 aliphatic rings. The molecule has 2 rings (SSSR count). The van der Waals surface area contributed by atoms with Crippen molar-refractivity contribution < 1.29 is 14.8 Å². The molecule has 2 amide bonds. The standard InChI is InChI=1S/C20H22N2O3S/c1-3-4-5-6-14(2)7-12-19(23)21-16-9-8-15-13-18(20(24)22-25)26-17(15)11-10-16/h3-6,8,10-11,13,25H,1,7,9,12H2,2H3,(H,21,23)(H,22,24)/b5-4-,14-6+. The van der Waals surface area contributed by atoms with Crippen LogP contribution >= 0.6 is 11.3 Å². The second-order valence-electron chi connectivity index (χ2n) is 5.82.